The number of anilines is 1. The molecule has 0 fully saturated rings. The van der Waals surface area contributed by atoms with Crippen LogP contribution in [0.15, 0.2) is 46.9 Å². The van der Waals surface area contributed by atoms with E-state index in [1.54, 1.807) is 12.1 Å². The average Bonchev–Trinajstić information content (AvgIpc) is 2.87. The van der Waals surface area contributed by atoms with Gasteiger partial charge in [0.05, 0.1) is 21.7 Å². The van der Waals surface area contributed by atoms with E-state index in [2.05, 4.69) is 21.2 Å². The standard InChI is InChI=1S/C17H12BrN3O5/c1-9(20-16(23)11-4-2-3-5-12(11)17(20)24)15(22)19-14-7-6-10(21(25)26)8-13(14)18/h2-9H,1H3,(H,19,22)/t9-/m0/s1. The molecular weight excluding hydrogens is 406 g/mol. The molecule has 3 amide bonds. The van der Waals surface area contributed by atoms with Crippen LogP contribution in [-0.2, 0) is 4.79 Å². The zero-order valence-corrected chi connectivity index (χ0v) is 15.0. The monoisotopic (exact) mass is 417 g/mol. The van der Waals surface area contributed by atoms with Crippen LogP contribution in [-0.4, -0.2) is 33.6 Å². The second-order valence-corrected chi connectivity index (χ2v) is 6.47. The van der Waals surface area contributed by atoms with E-state index >= 15 is 0 Å². The van der Waals surface area contributed by atoms with E-state index in [0.29, 0.717) is 10.2 Å². The highest BCUT2D eigenvalue weighted by atomic mass is 79.9. The van der Waals surface area contributed by atoms with Crippen LogP contribution in [0.4, 0.5) is 11.4 Å². The lowest BCUT2D eigenvalue weighted by Gasteiger charge is -2.22. The zero-order chi connectivity index (χ0) is 19.0. The molecule has 3 rings (SSSR count). The van der Waals surface area contributed by atoms with Gasteiger partial charge in [-0.1, -0.05) is 12.1 Å². The summed E-state index contributed by atoms with van der Waals surface area (Å²) in [5.41, 5.74) is 0.676. The average molecular weight is 418 g/mol. The Morgan fingerprint density at radius 3 is 2.23 bits per heavy atom. The van der Waals surface area contributed by atoms with Gasteiger partial charge in [-0.05, 0) is 41.1 Å². The van der Waals surface area contributed by atoms with Crippen molar-refractivity contribution in [1.82, 2.24) is 4.90 Å². The van der Waals surface area contributed by atoms with Crippen LogP contribution in [0.5, 0.6) is 0 Å². The number of benzene rings is 2. The van der Waals surface area contributed by atoms with Crippen molar-refractivity contribution >= 4 is 45.0 Å². The molecule has 1 aliphatic rings. The van der Waals surface area contributed by atoms with Gasteiger partial charge in [-0.25, -0.2) is 0 Å². The molecule has 2 aromatic carbocycles. The molecule has 0 spiro atoms. The summed E-state index contributed by atoms with van der Waals surface area (Å²) >= 11 is 3.16. The second-order valence-electron chi connectivity index (χ2n) is 5.61. The Morgan fingerprint density at radius 2 is 1.73 bits per heavy atom. The lowest BCUT2D eigenvalue weighted by Crippen LogP contribution is -2.45. The highest BCUT2D eigenvalue weighted by Crippen LogP contribution is 2.28. The fourth-order valence-electron chi connectivity index (χ4n) is 2.63. The van der Waals surface area contributed by atoms with Crippen LogP contribution in [0.2, 0.25) is 0 Å². The van der Waals surface area contributed by atoms with E-state index in [-0.39, 0.29) is 16.8 Å². The molecule has 0 aromatic heterocycles. The third-order valence-electron chi connectivity index (χ3n) is 4.01. The molecule has 0 bridgehead atoms. The fourth-order valence-corrected chi connectivity index (χ4v) is 3.10. The zero-order valence-electron chi connectivity index (χ0n) is 13.4. The van der Waals surface area contributed by atoms with E-state index in [1.807, 2.05) is 0 Å². The molecule has 1 N–H and O–H groups in total. The first-order valence-electron chi connectivity index (χ1n) is 7.53. The van der Waals surface area contributed by atoms with Gasteiger partial charge in [0.15, 0.2) is 0 Å². The Morgan fingerprint density at radius 1 is 1.15 bits per heavy atom. The maximum absolute atomic E-state index is 12.5. The number of amides is 3. The Balaban J connectivity index is 1.80. The summed E-state index contributed by atoms with van der Waals surface area (Å²) < 4.78 is 0.314. The van der Waals surface area contributed by atoms with Gasteiger partial charge in [-0.15, -0.1) is 0 Å². The largest absolute Gasteiger partial charge is 0.323 e. The fraction of sp³-hybridized carbons (Fsp3) is 0.118. The minimum absolute atomic E-state index is 0.136. The van der Waals surface area contributed by atoms with E-state index in [1.165, 1.54) is 37.3 Å². The maximum Gasteiger partial charge on any atom is 0.270 e. The molecule has 2 aromatic rings. The summed E-state index contributed by atoms with van der Waals surface area (Å²) in [6.07, 6.45) is 0. The number of carbonyl (C=O) groups excluding carboxylic acids is 3. The summed E-state index contributed by atoms with van der Waals surface area (Å²) in [6, 6.07) is 9.17. The molecule has 0 aliphatic carbocycles. The summed E-state index contributed by atoms with van der Waals surface area (Å²) in [4.78, 5) is 48.5. The van der Waals surface area contributed by atoms with Crippen LogP contribution in [0.25, 0.3) is 0 Å². The smallest absolute Gasteiger partial charge is 0.270 e. The third kappa shape index (κ3) is 2.97. The number of rotatable bonds is 4. The minimum Gasteiger partial charge on any atom is -0.323 e. The van der Waals surface area contributed by atoms with Crippen molar-refractivity contribution in [3.63, 3.8) is 0 Å². The van der Waals surface area contributed by atoms with Gasteiger partial charge in [0.2, 0.25) is 5.91 Å². The molecule has 1 atom stereocenters. The molecule has 0 radical (unpaired) electrons. The van der Waals surface area contributed by atoms with Crippen LogP contribution in [0.1, 0.15) is 27.6 Å². The van der Waals surface area contributed by atoms with Crippen molar-refractivity contribution < 1.29 is 19.3 Å². The van der Waals surface area contributed by atoms with E-state index < -0.39 is 28.7 Å². The number of hydrogen-bond acceptors (Lipinski definition) is 5. The predicted molar refractivity (Wildman–Crippen MR) is 95.8 cm³/mol. The van der Waals surface area contributed by atoms with Crippen molar-refractivity contribution in [3.8, 4) is 0 Å². The van der Waals surface area contributed by atoms with Gasteiger partial charge in [0, 0.05) is 16.6 Å². The van der Waals surface area contributed by atoms with Crippen molar-refractivity contribution in [3.05, 3.63) is 68.2 Å². The highest BCUT2D eigenvalue weighted by Gasteiger charge is 2.40. The number of halogens is 1. The normalized spacial score (nSPS) is 14.2. The summed E-state index contributed by atoms with van der Waals surface area (Å²) in [7, 11) is 0. The quantitative estimate of drug-likeness (QED) is 0.467. The minimum atomic E-state index is -1.05. The van der Waals surface area contributed by atoms with Gasteiger partial charge in [-0.2, -0.15) is 0 Å². The molecular formula is C17H12BrN3O5. The molecule has 0 unspecified atom stereocenters. The number of nitro groups is 1. The van der Waals surface area contributed by atoms with E-state index in [9.17, 15) is 24.5 Å². The van der Waals surface area contributed by atoms with Crippen LogP contribution < -0.4 is 5.32 Å². The number of nitro benzene ring substituents is 1. The first-order chi connectivity index (χ1) is 12.3. The van der Waals surface area contributed by atoms with Crippen molar-refractivity contribution in [2.24, 2.45) is 0 Å². The topological polar surface area (TPSA) is 110 Å². The Kier molecular flexibility index (Phi) is 4.56. The molecule has 1 aliphatic heterocycles. The highest BCUT2D eigenvalue weighted by molar-refractivity contribution is 9.10. The number of carbonyl (C=O) groups is 3. The second kappa shape index (κ2) is 6.68. The van der Waals surface area contributed by atoms with Gasteiger partial charge in [-0.3, -0.25) is 29.4 Å². The molecule has 0 saturated heterocycles. The van der Waals surface area contributed by atoms with Crippen molar-refractivity contribution in [1.29, 1.82) is 0 Å². The Labute approximate surface area is 156 Å². The number of imide groups is 1. The Bertz CT molecular complexity index is 924. The SMILES string of the molecule is C[C@@H](C(=O)Nc1ccc([N+](=O)[O-])cc1Br)N1C(=O)c2ccccc2C1=O. The summed E-state index contributed by atoms with van der Waals surface area (Å²) in [5.74, 6) is -1.65. The summed E-state index contributed by atoms with van der Waals surface area (Å²) in [6.45, 7) is 1.44. The Hall–Kier alpha value is -3.07. The first-order valence-corrected chi connectivity index (χ1v) is 8.32. The van der Waals surface area contributed by atoms with Gasteiger partial charge in [0.1, 0.15) is 6.04 Å². The van der Waals surface area contributed by atoms with Crippen LogP contribution in [0.3, 0.4) is 0 Å². The lowest BCUT2D eigenvalue weighted by atomic mass is 10.1. The molecule has 9 heteroatoms. The first kappa shape index (κ1) is 17.7. The molecule has 8 nitrogen and oxygen atoms in total. The lowest BCUT2D eigenvalue weighted by molar-refractivity contribution is -0.384. The molecule has 1 heterocycles. The number of nitrogens with zero attached hydrogens (tertiary/aromatic N) is 2. The third-order valence-corrected chi connectivity index (χ3v) is 4.67. The number of hydrogen-bond donors (Lipinski definition) is 1. The van der Waals surface area contributed by atoms with Crippen LogP contribution >= 0.6 is 15.9 Å². The van der Waals surface area contributed by atoms with Crippen LogP contribution in [0, 0.1) is 10.1 Å². The van der Waals surface area contributed by atoms with Crippen molar-refractivity contribution in [2.75, 3.05) is 5.32 Å². The number of non-ortho nitro benzene ring substituents is 1. The summed E-state index contributed by atoms with van der Waals surface area (Å²) in [5, 5.41) is 13.3. The number of nitrogens with one attached hydrogen (secondary N) is 1. The predicted octanol–water partition coefficient (Wildman–Crippen LogP) is 2.98. The van der Waals surface area contributed by atoms with E-state index in [0.717, 1.165) is 4.90 Å². The molecule has 26 heavy (non-hydrogen) atoms. The molecule has 132 valence electrons. The van der Waals surface area contributed by atoms with Gasteiger partial charge in [0.25, 0.3) is 17.5 Å². The van der Waals surface area contributed by atoms with Gasteiger partial charge >= 0.3 is 0 Å². The number of fused-ring (bicyclic) bond motifs is 1. The van der Waals surface area contributed by atoms with Gasteiger partial charge < -0.3 is 5.32 Å². The van der Waals surface area contributed by atoms with E-state index in [4.69, 9.17) is 0 Å². The molecule has 0 saturated carbocycles. The van der Waals surface area contributed by atoms with Crippen molar-refractivity contribution in [2.45, 2.75) is 13.0 Å². The maximum atomic E-state index is 12.5.